The first-order valence-corrected chi connectivity index (χ1v) is 12.7. The van der Waals surface area contributed by atoms with E-state index in [0.29, 0.717) is 5.57 Å². The van der Waals surface area contributed by atoms with Crippen LogP contribution in [0.15, 0.2) is 52.1 Å². The van der Waals surface area contributed by atoms with Crippen LogP contribution in [0, 0.1) is 0 Å². The Balaban J connectivity index is 1.54. The number of β-lactam (4-membered cyclic amide) rings is 1. The Morgan fingerprint density at radius 2 is 1.97 bits per heavy atom. The second-order valence-electron chi connectivity index (χ2n) is 8.62. The van der Waals surface area contributed by atoms with Crippen molar-refractivity contribution in [2.75, 3.05) is 5.73 Å². The van der Waals surface area contributed by atoms with Crippen molar-refractivity contribution in [3.8, 4) is 0 Å². The van der Waals surface area contributed by atoms with Crippen molar-refractivity contribution in [3.05, 3.63) is 52.6 Å². The number of thioether (sulfide) groups is 1. The highest BCUT2D eigenvalue weighted by Gasteiger charge is 2.56. The van der Waals surface area contributed by atoms with Gasteiger partial charge in [0.2, 0.25) is 11.5 Å². The zero-order chi connectivity index (χ0) is 26.9. The monoisotopic (exact) mass is 547 g/mol. The molecule has 0 saturated carbocycles. The number of carboxylic acids is 2. The molecule has 0 aliphatic carbocycles. The highest BCUT2D eigenvalue weighted by Crippen LogP contribution is 2.40. The van der Waals surface area contributed by atoms with E-state index < -0.39 is 46.8 Å². The zero-order valence-corrected chi connectivity index (χ0v) is 21.2. The molecule has 1 saturated heterocycles. The van der Waals surface area contributed by atoms with E-state index in [0.717, 1.165) is 11.3 Å². The van der Waals surface area contributed by atoms with Gasteiger partial charge in [-0.1, -0.05) is 11.2 Å². The molecule has 2 aliphatic heterocycles. The number of oxime groups is 1. The molecule has 2 aromatic rings. The summed E-state index contributed by atoms with van der Waals surface area (Å²) in [6.45, 7) is 2.77. The average molecular weight is 548 g/mol. The maximum absolute atomic E-state index is 13.1. The van der Waals surface area contributed by atoms with E-state index in [2.05, 4.69) is 15.5 Å². The van der Waals surface area contributed by atoms with Gasteiger partial charge in [-0.15, -0.1) is 23.1 Å². The van der Waals surface area contributed by atoms with Crippen LogP contribution < -0.4 is 15.6 Å². The summed E-state index contributed by atoms with van der Waals surface area (Å²) < 4.78 is 1.80. The first kappa shape index (κ1) is 26.1. The Kier molecular flexibility index (Phi) is 7.18. The largest absolute Gasteiger partial charge is 0.479 e. The van der Waals surface area contributed by atoms with Gasteiger partial charge >= 0.3 is 11.9 Å². The van der Waals surface area contributed by atoms with Crippen molar-refractivity contribution in [3.63, 3.8) is 0 Å². The number of thiazole rings is 1. The van der Waals surface area contributed by atoms with Gasteiger partial charge in [-0.05, 0) is 19.3 Å². The highest BCUT2D eigenvalue weighted by atomic mass is 32.2. The lowest BCUT2D eigenvalue weighted by molar-refractivity contribution is -0.689. The number of anilines is 1. The van der Waals surface area contributed by atoms with E-state index >= 15 is 0 Å². The molecule has 4 rings (SSSR count). The number of hydrogen-bond acceptors (Lipinski definition) is 10. The molecule has 2 aromatic heterocycles. The number of amides is 2. The number of carboxylic acid groups (broad SMARTS) is 2. The summed E-state index contributed by atoms with van der Waals surface area (Å²) in [5.74, 6) is -3.93. The third-order valence-electron chi connectivity index (χ3n) is 5.59. The molecular formula is C22H23N6O7S2+. The van der Waals surface area contributed by atoms with Crippen LogP contribution in [0.25, 0.3) is 0 Å². The molecule has 5 N–H and O–H groups in total. The van der Waals surface area contributed by atoms with Gasteiger partial charge in [0.15, 0.2) is 35.8 Å². The van der Waals surface area contributed by atoms with E-state index in [9.17, 15) is 29.4 Å². The summed E-state index contributed by atoms with van der Waals surface area (Å²) in [4.78, 5) is 59.9. The third-order valence-corrected chi connectivity index (χ3v) is 7.48. The smallest absolute Gasteiger partial charge is 0.350 e. The number of nitrogen functional groups attached to an aromatic ring is 1. The standard InChI is InChI=1S/C22H22N6O7S2/c1-22(2,20(33)34)35-26-13(12-10-37-21(23)24-12)16(29)25-14-17(30)28-15(19(31)32)11(9-36-18(14)28)8-27-6-4-3-5-7-27/h3-7,9-10,14-15,18H,8H2,1-2H3,(H4-,23,24,25,29,31,32,33,34)/p+1/b26-13+/t14-,15+,18-/m1/s1. The van der Waals surface area contributed by atoms with Crippen LogP contribution in [0.1, 0.15) is 19.5 Å². The number of nitrogens with two attached hydrogens (primary N) is 1. The molecule has 37 heavy (non-hydrogen) atoms. The summed E-state index contributed by atoms with van der Waals surface area (Å²) in [5, 5.41) is 28.0. The molecule has 194 valence electrons. The Bertz CT molecular complexity index is 1310. The second kappa shape index (κ2) is 10.2. The van der Waals surface area contributed by atoms with E-state index in [1.165, 1.54) is 35.9 Å². The number of hydrogen-bond donors (Lipinski definition) is 4. The van der Waals surface area contributed by atoms with Crippen LogP contribution in [-0.4, -0.2) is 72.6 Å². The van der Waals surface area contributed by atoms with Crippen LogP contribution in [0.5, 0.6) is 0 Å². The van der Waals surface area contributed by atoms with Gasteiger partial charge in [0.1, 0.15) is 17.1 Å². The van der Waals surface area contributed by atoms with Crippen molar-refractivity contribution in [1.29, 1.82) is 0 Å². The molecule has 0 aromatic carbocycles. The first-order chi connectivity index (χ1) is 17.5. The Morgan fingerprint density at radius 1 is 1.27 bits per heavy atom. The number of aliphatic carboxylic acids is 2. The quantitative estimate of drug-likeness (QED) is 0.144. The van der Waals surface area contributed by atoms with Gasteiger partial charge in [0, 0.05) is 23.1 Å². The van der Waals surface area contributed by atoms with Crippen LogP contribution in [0.4, 0.5) is 5.13 Å². The molecule has 4 heterocycles. The lowest BCUT2D eigenvalue weighted by Gasteiger charge is -2.51. The summed E-state index contributed by atoms with van der Waals surface area (Å²) in [6, 6.07) is 3.22. The fourth-order valence-electron chi connectivity index (χ4n) is 3.60. The molecule has 2 amide bonds. The van der Waals surface area contributed by atoms with E-state index in [1.54, 1.807) is 22.4 Å². The third kappa shape index (κ3) is 5.27. The van der Waals surface area contributed by atoms with Gasteiger partial charge < -0.3 is 31.0 Å². The van der Waals surface area contributed by atoms with Crippen LogP contribution in [-0.2, 0) is 30.6 Å². The zero-order valence-electron chi connectivity index (χ0n) is 19.6. The predicted molar refractivity (Wildman–Crippen MR) is 132 cm³/mol. The molecule has 0 unspecified atom stereocenters. The molecular weight excluding hydrogens is 524 g/mol. The summed E-state index contributed by atoms with van der Waals surface area (Å²) in [6.07, 6.45) is 3.58. The topological polar surface area (TPSA) is 188 Å². The molecule has 1 fully saturated rings. The van der Waals surface area contributed by atoms with Gasteiger partial charge in [0.25, 0.3) is 5.91 Å². The highest BCUT2D eigenvalue weighted by molar-refractivity contribution is 8.02. The van der Waals surface area contributed by atoms with Crippen molar-refractivity contribution < 1.29 is 38.8 Å². The normalized spacial score (nSPS) is 21.4. The second-order valence-corrected chi connectivity index (χ2v) is 10.5. The van der Waals surface area contributed by atoms with Crippen molar-refractivity contribution in [2.24, 2.45) is 5.16 Å². The number of carbonyl (C=O) groups excluding carboxylic acids is 2. The maximum Gasteiger partial charge on any atom is 0.350 e. The summed E-state index contributed by atoms with van der Waals surface area (Å²) >= 11 is 2.25. The minimum atomic E-state index is -1.75. The lowest BCUT2D eigenvalue weighted by atomic mass is 9.97. The maximum atomic E-state index is 13.1. The van der Waals surface area contributed by atoms with Crippen LogP contribution >= 0.6 is 23.1 Å². The number of nitrogens with one attached hydrogen (secondary N) is 1. The minimum Gasteiger partial charge on any atom is -0.479 e. The van der Waals surface area contributed by atoms with Gasteiger partial charge in [-0.25, -0.2) is 19.1 Å². The molecule has 2 aliphatic rings. The Hall–Kier alpha value is -3.98. The molecule has 15 heteroatoms. The van der Waals surface area contributed by atoms with Gasteiger partial charge in [0.05, 0.1) is 0 Å². The summed E-state index contributed by atoms with van der Waals surface area (Å²) in [5.41, 5.74) is 4.10. The number of carbonyl (C=O) groups is 4. The van der Waals surface area contributed by atoms with E-state index in [1.807, 2.05) is 18.2 Å². The number of aromatic nitrogens is 2. The Morgan fingerprint density at radius 3 is 2.57 bits per heavy atom. The molecule has 3 atom stereocenters. The van der Waals surface area contributed by atoms with Gasteiger partial charge in [-0.3, -0.25) is 9.59 Å². The molecule has 13 nitrogen and oxygen atoms in total. The molecule has 0 radical (unpaired) electrons. The minimum absolute atomic E-state index is 0.0339. The Labute approximate surface area is 218 Å². The van der Waals surface area contributed by atoms with Crippen LogP contribution in [0.2, 0.25) is 0 Å². The summed E-state index contributed by atoms with van der Waals surface area (Å²) in [7, 11) is 0. The number of rotatable bonds is 9. The van der Waals surface area contributed by atoms with Crippen molar-refractivity contribution in [1.82, 2.24) is 15.2 Å². The SMILES string of the molecule is CC(C)(O/N=C(/C(=O)N[C@@H]1C(=O)N2[C@H](C(=O)O)C(C[n+]3ccccc3)=CS[C@H]12)c1csc(N)n1)C(=O)O. The predicted octanol–water partition coefficient (Wildman–Crippen LogP) is 0.0339. The van der Waals surface area contributed by atoms with Crippen LogP contribution in [0.3, 0.4) is 0 Å². The first-order valence-electron chi connectivity index (χ1n) is 10.8. The van der Waals surface area contributed by atoms with Crippen molar-refractivity contribution >= 4 is 57.7 Å². The molecule has 0 spiro atoms. The van der Waals surface area contributed by atoms with Crippen molar-refractivity contribution in [2.45, 2.75) is 43.5 Å². The average Bonchev–Trinajstić information content (AvgIpc) is 3.28. The fourth-order valence-corrected chi connectivity index (χ4v) is 5.36. The number of pyridine rings is 1. The van der Waals surface area contributed by atoms with Gasteiger partial charge in [-0.2, -0.15) is 0 Å². The van der Waals surface area contributed by atoms with E-state index in [4.69, 9.17) is 10.6 Å². The number of nitrogens with zero attached hydrogens (tertiary/aromatic N) is 4. The lowest BCUT2D eigenvalue weighted by Crippen LogP contribution is -2.74. The number of fused-ring (bicyclic) bond motifs is 1. The van der Waals surface area contributed by atoms with E-state index in [-0.39, 0.29) is 23.1 Å². The molecule has 0 bridgehead atoms. The fraction of sp³-hybridized carbons (Fsp3) is 0.318.